The highest BCUT2D eigenvalue weighted by Crippen LogP contribution is 2.29. The maximum absolute atomic E-state index is 14.6. The van der Waals surface area contributed by atoms with Crippen LogP contribution < -0.4 is 10.3 Å². The molecule has 28 heavy (non-hydrogen) atoms. The number of fused-ring (bicyclic) bond motifs is 1. The molecule has 3 rings (SSSR count). The molecule has 6 nitrogen and oxygen atoms in total. The molecule has 1 unspecified atom stereocenters. The van der Waals surface area contributed by atoms with E-state index in [1.54, 1.807) is 4.57 Å². The van der Waals surface area contributed by atoms with Gasteiger partial charge in [-0.15, -0.1) is 0 Å². The van der Waals surface area contributed by atoms with Gasteiger partial charge in [0.2, 0.25) is 0 Å². The van der Waals surface area contributed by atoms with Gasteiger partial charge in [-0.2, -0.15) is 0 Å². The van der Waals surface area contributed by atoms with Crippen molar-refractivity contribution in [3.63, 3.8) is 0 Å². The van der Waals surface area contributed by atoms with Gasteiger partial charge in [0.25, 0.3) is 5.56 Å². The zero-order valence-corrected chi connectivity index (χ0v) is 17.4. The van der Waals surface area contributed by atoms with Crippen LogP contribution in [0.25, 0.3) is 10.9 Å². The summed E-state index contributed by atoms with van der Waals surface area (Å²) in [6.07, 6.45) is 2.92. The molecule has 1 atom stereocenters. The smallest absolute Gasteiger partial charge is 0.265 e. The van der Waals surface area contributed by atoms with Gasteiger partial charge in [-0.25, -0.2) is 9.37 Å². The number of hydrogen-bond acceptors (Lipinski definition) is 5. The van der Waals surface area contributed by atoms with Crippen LogP contribution in [0.4, 0.5) is 4.39 Å². The lowest BCUT2D eigenvalue weighted by Crippen LogP contribution is -2.37. The zero-order valence-electron chi connectivity index (χ0n) is 17.4. The van der Waals surface area contributed by atoms with Crippen molar-refractivity contribution < 1.29 is 9.13 Å². The molecule has 2 aromatic rings. The van der Waals surface area contributed by atoms with Crippen molar-refractivity contribution in [2.24, 2.45) is 0 Å². The molecule has 1 aromatic heterocycles. The van der Waals surface area contributed by atoms with E-state index >= 15 is 0 Å². The number of rotatable bonds is 6. The summed E-state index contributed by atoms with van der Waals surface area (Å²) in [4.78, 5) is 22.7. The van der Waals surface area contributed by atoms with Gasteiger partial charge in [-0.3, -0.25) is 14.3 Å². The largest absolute Gasteiger partial charge is 0.496 e. The number of hydrogen-bond donors (Lipinski definition) is 0. The van der Waals surface area contributed by atoms with Crippen molar-refractivity contribution in [1.29, 1.82) is 0 Å². The molecule has 1 aliphatic heterocycles. The van der Waals surface area contributed by atoms with E-state index in [-0.39, 0.29) is 22.5 Å². The predicted octanol–water partition coefficient (Wildman–Crippen LogP) is 3.04. The minimum Gasteiger partial charge on any atom is -0.496 e. The summed E-state index contributed by atoms with van der Waals surface area (Å²) in [5.74, 6) is 0.549. The van der Waals surface area contributed by atoms with Crippen molar-refractivity contribution in [3.05, 3.63) is 34.1 Å². The van der Waals surface area contributed by atoms with Crippen LogP contribution in [-0.4, -0.2) is 59.7 Å². The van der Waals surface area contributed by atoms with Crippen LogP contribution >= 0.6 is 0 Å². The lowest BCUT2D eigenvalue weighted by atomic mass is 10.1. The molecular formula is C21H31FN4O2. The molecule has 0 spiro atoms. The van der Waals surface area contributed by atoms with Gasteiger partial charge in [0, 0.05) is 26.2 Å². The van der Waals surface area contributed by atoms with Gasteiger partial charge in [-0.05, 0) is 45.5 Å². The minimum absolute atomic E-state index is 0.000786. The van der Waals surface area contributed by atoms with E-state index in [1.165, 1.54) is 19.2 Å². The third-order valence-electron chi connectivity index (χ3n) is 5.64. The van der Waals surface area contributed by atoms with Crippen LogP contribution in [0, 0.1) is 5.82 Å². The molecule has 154 valence electrons. The van der Waals surface area contributed by atoms with E-state index < -0.39 is 5.82 Å². The fourth-order valence-corrected chi connectivity index (χ4v) is 4.13. The van der Waals surface area contributed by atoms with E-state index in [2.05, 4.69) is 23.8 Å². The fourth-order valence-electron chi connectivity index (χ4n) is 4.13. The Kier molecular flexibility index (Phi) is 6.67. The molecule has 0 N–H and O–H groups in total. The number of nitrogens with zero attached hydrogens (tertiary/aromatic N) is 4. The van der Waals surface area contributed by atoms with Gasteiger partial charge >= 0.3 is 0 Å². The molecule has 1 aromatic carbocycles. The van der Waals surface area contributed by atoms with Crippen LogP contribution in [0.5, 0.6) is 5.75 Å². The number of likely N-dealkylation sites (N-methyl/N-ethyl adjacent to an activating group) is 1. The summed E-state index contributed by atoms with van der Waals surface area (Å²) in [5, 5.41) is 0.221. The van der Waals surface area contributed by atoms with Gasteiger partial charge in [0.15, 0.2) is 0 Å². The Labute approximate surface area is 165 Å². The molecule has 1 aliphatic rings. The Hall–Kier alpha value is -1.99. The second-order valence-electron chi connectivity index (χ2n) is 7.49. The Bertz CT molecular complexity index is 883. The topological polar surface area (TPSA) is 50.6 Å². The molecule has 0 bridgehead atoms. The molecule has 0 amide bonds. The lowest BCUT2D eigenvalue weighted by Gasteiger charge is -2.31. The lowest BCUT2D eigenvalue weighted by molar-refractivity contribution is 0.180. The highest BCUT2D eigenvalue weighted by atomic mass is 19.1. The average molecular weight is 391 g/mol. The first-order chi connectivity index (χ1) is 13.5. The van der Waals surface area contributed by atoms with Gasteiger partial charge in [0.05, 0.1) is 13.2 Å². The van der Waals surface area contributed by atoms with Crippen molar-refractivity contribution in [2.75, 3.05) is 40.3 Å². The first-order valence-electron chi connectivity index (χ1n) is 10.2. The monoisotopic (exact) mass is 390 g/mol. The van der Waals surface area contributed by atoms with Crippen LogP contribution in [0.2, 0.25) is 0 Å². The Morgan fingerprint density at radius 1 is 1.21 bits per heavy atom. The minimum atomic E-state index is -0.483. The summed E-state index contributed by atoms with van der Waals surface area (Å²) in [6, 6.07) is 2.82. The molecular weight excluding hydrogens is 359 g/mol. The summed E-state index contributed by atoms with van der Waals surface area (Å²) in [5.41, 5.74) is -0.121. The molecule has 1 saturated heterocycles. The van der Waals surface area contributed by atoms with E-state index in [0.29, 0.717) is 18.1 Å². The summed E-state index contributed by atoms with van der Waals surface area (Å²) in [7, 11) is 3.63. The fraction of sp³-hybridized carbons (Fsp3) is 0.619. The van der Waals surface area contributed by atoms with Crippen molar-refractivity contribution in [1.82, 2.24) is 19.4 Å². The maximum atomic E-state index is 14.6. The van der Waals surface area contributed by atoms with E-state index in [4.69, 9.17) is 9.72 Å². The predicted molar refractivity (Wildman–Crippen MR) is 110 cm³/mol. The van der Waals surface area contributed by atoms with E-state index in [1.807, 2.05) is 6.92 Å². The highest BCUT2D eigenvalue weighted by Gasteiger charge is 2.27. The Balaban J connectivity index is 2.18. The number of ether oxygens (including phenoxy) is 1. The summed E-state index contributed by atoms with van der Waals surface area (Å²) < 4.78 is 21.6. The summed E-state index contributed by atoms with van der Waals surface area (Å²) in [6.45, 7) is 8.47. The third-order valence-corrected chi connectivity index (χ3v) is 5.64. The molecule has 2 heterocycles. The van der Waals surface area contributed by atoms with Crippen LogP contribution in [0.1, 0.15) is 45.0 Å². The van der Waals surface area contributed by atoms with Crippen molar-refractivity contribution >= 4 is 10.9 Å². The van der Waals surface area contributed by atoms with Crippen LogP contribution in [0.3, 0.4) is 0 Å². The number of benzene rings is 1. The summed E-state index contributed by atoms with van der Waals surface area (Å²) >= 11 is 0. The van der Waals surface area contributed by atoms with E-state index in [0.717, 1.165) is 45.4 Å². The van der Waals surface area contributed by atoms with Gasteiger partial charge < -0.3 is 9.64 Å². The molecule has 7 heteroatoms. The standard InChI is InChI=1S/C21H31FN4O2/c1-5-8-16(25-12-7-11-24(3)13-14-25)20-23-19-15(22)9-10-17(28-4)18(19)21(27)26(20)6-2/h9-10,16H,5-8,11-14H2,1-4H3. The Morgan fingerprint density at radius 2 is 2.00 bits per heavy atom. The average Bonchev–Trinajstić information content (AvgIpc) is 2.91. The maximum Gasteiger partial charge on any atom is 0.265 e. The van der Waals surface area contributed by atoms with Crippen molar-refractivity contribution in [3.8, 4) is 5.75 Å². The number of halogens is 1. The zero-order chi connectivity index (χ0) is 20.3. The first-order valence-corrected chi connectivity index (χ1v) is 10.2. The normalized spacial score (nSPS) is 17.6. The third kappa shape index (κ3) is 3.91. The van der Waals surface area contributed by atoms with Crippen LogP contribution in [-0.2, 0) is 6.54 Å². The molecule has 1 fully saturated rings. The van der Waals surface area contributed by atoms with Crippen LogP contribution in [0.15, 0.2) is 16.9 Å². The number of aromatic nitrogens is 2. The van der Waals surface area contributed by atoms with Gasteiger partial charge in [-0.1, -0.05) is 13.3 Å². The van der Waals surface area contributed by atoms with E-state index in [9.17, 15) is 9.18 Å². The van der Waals surface area contributed by atoms with Gasteiger partial charge in [0.1, 0.15) is 28.3 Å². The molecule has 0 radical (unpaired) electrons. The molecule has 0 saturated carbocycles. The number of methoxy groups -OCH3 is 1. The van der Waals surface area contributed by atoms with Crippen molar-refractivity contribution in [2.45, 2.75) is 45.7 Å². The first kappa shape index (κ1) is 20.7. The molecule has 0 aliphatic carbocycles. The SMILES string of the molecule is CCCC(c1nc2c(F)ccc(OC)c2c(=O)n1CC)N1CCCN(C)CC1. The Morgan fingerprint density at radius 3 is 2.68 bits per heavy atom. The highest BCUT2D eigenvalue weighted by molar-refractivity contribution is 5.84. The second kappa shape index (κ2) is 9.01. The quantitative estimate of drug-likeness (QED) is 0.759. The second-order valence-corrected chi connectivity index (χ2v) is 7.49.